The summed E-state index contributed by atoms with van der Waals surface area (Å²) in [6.07, 6.45) is -4.45. The van der Waals surface area contributed by atoms with Gasteiger partial charge in [-0.1, -0.05) is 0 Å². The van der Waals surface area contributed by atoms with Gasteiger partial charge in [-0.15, -0.1) is 0 Å². The van der Waals surface area contributed by atoms with E-state index in [1.165, 1.54) is 12.3 Å². The predicted molar refractivity (Wildman–Crippen MR) is 107 cm³/mol. The van der Waals surface area contributed by atoms with Gasteiger partial charge in [-0.05, 0) is 49.9 Å². The summed E-state index contributed by atoms with van der Waals surface area (Å²) in [7, 11) is 0. The van der Waals surface area contributed by atoms with Crippen LogP contribution in [0, 0.1) is 23.5 Å². The van der Waals surface area contributed by atoms with Gasteiger partial charge in [0.1, 0.15) is 11.6 Å². The molecular formula is C23H21F7N2O. The van der Waals surface area contributed by atoms with Gasteiger partial charge in [0.05, 0.1) is 17.3 Å². The van der Waals surface area contributed by atoms with Crippen LogP contribution in [0.1, 0.15) is 50.1 Å². The van der Waals surface area contributed by atoms with E-state index < -0.39 is 47.4 Å². The number of rotatable bonds is 4. The topological polar surface area (TPSA) is 42.0 Å². The van der Waals surface area contributed by atoms with E-state index in [1.807, 2.05) is 0 Å². The number of aromatic nitrogens is 1. The molecule has 2 saturated carbocycles. The van der Waals surface area contributed by atoms with Crippen molar-refractivity contribution in [2.75, 3.05) is 5.32 Å². The minimum atomic E-state index is -4.39. The molecule has 1 N–H and O–H groups in total. The average molecular weight is 474 g/mol. The standard InChI is InChI=1S/C23H21F7N2O/c24-15-1-2-18(25)17(11-15)16-5-8-31-19(12-3-6-22(26,27)7-4-12)20(16)32-21(33)13-9-14(10-13)23(28,29)30/h1-2,5,8,11-14H,3-4,6-7,9-10H2,(H,32,33)/t13-,14-. The van der Waals surface area contributed by atoms with Crippen LogP contribution in [0.15, 0.2) is 30.5 Å². The number of hydrogen-bond donors (Lipinski definition) is 1. The summed E-state index contributed by atoms with van der Waals surface area (Å²) in [6.45, 7) is 0. The molecule has 2 fully saturated rings. The Hall–Kier alpha value is -2.65. The Bertz CT molecular complexity index is 1040. The van der Waals surface area contributed by atoms with Crippen LogP contribution in [-0.4, -0.2) is 23.0 Å². The lowest BCUT2D eigenvalue weighted by atomic mass is 9.74. The SMILES string of the molecule is O=C(Nc1c(-c2cc(F)ccc2F)ccnc1C1CCC(F)(F)CC1)[C@H]1C[C@H](C(F)(F)F)C1. The number of alkyl halides is 5. The van der Waals surface area contributed by atoms with Crippen molar-refractivity contribution in [3.8, 4) is 11.1 Å². The van der Waals surface area contributed by atoms with Crippen molar-refractivity contribution < 1.29 is 35.5 Å². The maximum Gasteiger partial charge on any atom is 0.391 e. The van der Waals surface area contributed by atoms with Crippen molar-refractivity contribution in [3.63, 3.8) is 0 Å². The van der Waals surface area contributed by atoms with Gasteiger partial charge < -0.3 is 5.32 Å². The third-order valence-corrected chi connectivity index (χ3v) is 6.52. The van der Waals surface area contributed by atoms with Gasteiger partial charge in [-0.25, -0.2) is 17.6 Å². The predicted octanol–water partition coefficient (Wildman–Crippen LogP) is 6.85. The lowest BCUT2D eigenvalue weighted by Crippen LogP contribution is -2.41. The summed E-state index contributed by atoms with van der Waals surface area (Å²) in [5.41, 5.74) is 0.190. The zero-order valence-corrected chi connectivity index (χ0v) is 17.4. The first-order chi connectivity index (χ1) is 15.4. The molecule has 0 spiro atoms. The molecule has 0 bridgehead atoms. The number of benzene rings is 1. The largest absolute Gasteiger partial charge is 0.391 e. The number of amides is 1. The van der Waals surface area contributed by atoms with E-state index in [2.05, 4.69) is 10.3 Å². The average Bonchev–Trinajstić information content (AvgIpc) is 2.68. The van der Waals surface area contributed by atoms with Crippen molar-refractivity contribution in [1.29, 1.82) is 0 Å². The highest BCUT2D eigenvalue weighted by Gasteiger charge is 2.50. The van der Waals surface area contributed by atoms with Gasteiger partial charge >= 0.3 is 6.18 Å². The van der Waals surface area contributed by atoms with Crippen molar-refractivity contribution >= 4 is 11.6 Å². The summed E-state index contributed by atoms with van der Waals surface area (Å²) >= 11 is 0. The zero-order chi connectivity index (χ0) is 24.0. The first kappa shape index (κ1) is 23.5. The molecule has 2 aromatic rings. The molecule has 1 heterocycles. The second kappa shape index (κ2) is 8.61. The van der Waals surface area contributed by atoms with E-state index in [9.17, 15) is 35.5 Å². The number of nitrogens with one attached hydrogen (secondary N) is 1. The Morgan fingerprint density at radius 1 is 1.03 bits per heavy atom. The second-order valence-electron chi connectivity index (χ2n) is 8.77. The van der Waals surface area contributed by atoms with Crippen LogP contribution in [0.2, 0.25) is 0 Å². The van der Waals surface area contributed by atoms with E-state index >= 15 is 0 Å². The Morgan fingerprint density at radius 2 is 1.70 bits per heavy atom. The van der Waals surface area contributed by atoms with Crippen molar-refractivity contribution in [3.05, 3.63) is 47.8 Å². The molecule has 0 aliphatic heterocycles. The fourth-order valence-electron chi connectivity index (χ4n) is 4.49. The summed E-state index contributed by atoms with van der Waals surface area (Å²) in [4.78, 5) is 17.0. The molecule has 1 amide bonds. The maximum atomic E-state index is 14.5. The minimum absolute atomic E-state index is 0.0256. The smallest absolute Gasteiger partial charge is 0.324 e. The third kappa shape index (κ3) is 4.99. The van der Waals surface area contributed by atoms with Crippen LogP contribution in [0.5, 0.6) is 0 Å². The third-order valence-electron chi connectivity index (χ3n) is 6.52. The Labute approximate surface area is 185 Å². The zero-order valence-electron chi connectivity index (χ0n) is 17.4. The summed E-state index contributed by atoms with van der Waals surface area (Å²) in [6, 6.07) is 4.13. The highest BCUT2D eigenvalue weighted by Crippen LogP contribution is 2.47. The monoisotopic (exact) mass is 474 g/mol. The molecule has 0 saturated heterocycles. The quantitative estimate of drug-likeness (QED) is 0.493. The number of pyridine rings is 1. The molecule has 2 aliphatic carbocycles. The molecule has 2 aliphatic rings. The van der Waals surface area contributed by atoms with Crippen LogP contribution in [0.4, 0.5) is 36.4 Å². The molecule has 0 unspecified atom stereocenters. The van der Waals surface area contributed by atoms with Crippen LogP contribution in [0.3, 0.4) is 0 Å². The van der Waals surface area contributed by atoms with E-state index in [0.717, 1.165) is 18.2 Å². The van der Waals surface area contributed by atoms with Gasteiger partial charge in [0, 0.05) is 42.0 Å². The Morgan fingerprint density at radius 3 is 2.33 bits per heavy atom. The molecule has 4 rings (SSSR count). The number of anilines is 1. The van der Waals surface area contributed by atoms with E-state index in [4.69, 9.17) is 0 Å². The van der Waals surface area contributed by atoms with Crippen molar-refractivity contribution in [2.45, 2.75) is 56.5 Å². The number of hydrogen-bond acceptors (Lipinski definition) is 2. The summed E-state index contributed by atoms with van der Waals surface area (Å²) in [5.74, 6) is -7.95. The molecule has 3 nitrogen and oxygen atoms in total. The van der Waals surface area contributed by atoms with Gasteiger partial charge in [0.2, 0.25) is 11.8 Å². The van der Waals surface area contributed by atoms with E-state index in [0.29, 0.717) is 0 Å². The highest BCUT2D eigenvalue weighted by atomic mass is 19.4. The van der Waals surface area contributed by atoms with Crippen molar-refractivity contribution in [1.82, 2.24) is 4.98 Å². The second-order valence-corrected chi connectivity index (χ2v) is 8.77. The number of halogens is 7. The number of nitrogens with zero attached hydrogens (tertiary/aromatic N) is 1. The molecule has 0 atom stereocenters. The maximum absolute atomic E-state index is 14.5. The van der Waals surface area contributed by atoms with Gasteiger partial charge in [0.25, 0.3) is 0 Å². The van der Waals surface area contributed by atoms with E-state index in [-0.39, 0.29) is 61.0 Å². The van der Waals surface area contributed by atoms with Gasteiger partial charge in [-0.3, -0.25) is 9.78 Å². The molecule has 1 aromatic heterocycles. The molecular weight excluding hydrogens is 453 g/mol. The first-order valence-corrected chi connectivity index (χ1v) is 10.6. The van der Waals surface area contributed by atoms with Crippen LogP contribution in [-0.2, 0) is 4.79 Å². The number of carbonyl (C=O) groups is 1. The first-order valence-electron chi connectivity index (χ1n) is 10.6. The molecule has 33 heavy (non-hydrogen) atoms. The fourth-order valence-corrected chi connectivity index (χ4v) is 4.49. The van der Waals surface area contributed by atoms with Crippen molar-refractivity contribution in [2.24, 2.45) is 11.8 Å². The van der Waals surface area contributed by atoms with E-state index in [1.54, 1.807) is 0 Å². The lowest BCUT2D eigenvalue weighted by Gasteiger charge is -2.36. The molecule has 10 heteroatoms. The fraction of sp³-hybridized carbons (Fsp3) is 0.478. The Kier molecular flexibility index (Phi) is 6.13. The number of carbonyl (C=O) groups excluding carboxylic acids is 1. The van der Waals surface area contributed by atoms with Gasteiger partial charge in [-0.2, -0.15) is 13.2 Å². The highest BCUT2D eigenvalue weighted by molar-refractivity contribution is 5.98. The summed E-state index contributed by atoms with van der Waals surface area (Å²) < 4.78 is 94.2. The molecule has 1 aromatic carbocycles. The van der Waals surface area contributed by atoms with Gasteiger partial charge in [0.15, 0.2) is 0 Å². The minimum Gasteiger partial charge on any atom is -0.324 e. The Balaban J connectivity index is 1.68. The molecule has 178 valence electrons. The van der Waals surface area contributed by atoms with Crippen LogP contribution >= 0.6 is 0 Å². The molecule has 0 radical (unpaired) electrons. The van der Waals surface area contributed by atoms with Crippen LogP contribution < -0.4 is 5.32 Å². The normalized spacial score (nSPS) is 23.1. The lowest BCUT2D eigenvalue weighted by molar-refractivity contribution is -0.203. The summed E-state index contributed by atoms with van der Waals surface area (Å²) in [5, 5.41) is 2.57. The van der Waals surface area contributed by atoms with Crippen LogP contribution in [0.25, 0.3) is 11.1 Å².